The van der Waals surface area contributed by atoms with E-state index >= 15 is 0 Å². The molecule has 0 aromatic heterocycles. The Morgan fingerprint density at radius 1 is 1.32 bits per heavy atom. The summed E-state index contributed by atoms with van der Waals surface area (Å²) in [5, 5.41) is 0. The maximum Gasteiger partial charge on any atom is 0.320 e. The number of piperidine rings is 1. The molecule has 1 aromatic carbocycles. The molecule has 104 valence electrons. The van der Waals surface area contributed by atoms with Crippen molar-refractivity contribution in [3.63, 3.8) is 0 Å². The highest BCUT2D eigenvalue weighted by Gasteiger charge is 2.24. The van der Waals surface area contributed by atoms with E-state index in [0.29, 0.717) is 19.2 Å². The van der Waals surface area contributed by atoms with Gasteiger partial charge in [-0.05, 0) is 38.3 Å². The van der Waals surface area contributed by atoms with Gasteiger partial charge in [0.1, 0.15) is 0 Å². The minimum atomic E-state index is -0.0949. The van der Waals surface area contributed by atoms with Crippen LogP contribution in [0.3, 0.4) is 0 Å². The SMILES string of the molecule is CCOC(=O)CN1CCCC[C@H]1Cc1ccccc1. The van der Waals surface area contributed by atoms with Crippen molar-refractivity contribution in [3.05, 3.63) is 35.9 Å². The van der Waals surface area contributed by atoms with Gasteiger partial charge in [0, 0.05) is 6.04 Å². The smallest absolute Gasteiger partial charge is 0.320 e. The van der Waals surface area contributed by atoms with Gasteiger partial charge in [-0.2, -0.15) is 0 Å². The molecule has 0 radical (unpaired) electrons. The monoisotopic (exact) mass is 261 g/mol. The molecule has 0 bridgehead atoms. The Hall–Kier alpha value is -1.35. The summed E-state index contributed by atoms with van der Waals surface area (Å²) in [5.41, 5.74) is 1.35. The minimum absolute atomic E-state index is 0.0949. The molecule has 1 aromatic rings. The zero-order valence-electron chi connectivity index (χ0n) is 11.7. The number of benzene rings is 1. The summed E-state index contributed by atoms with van der Waals surface area (Å²) < 4.78 is 5.06. The van der Waals surface area contributed by atoms with Gasteiger partial charge in [0.05, 0.1) is 13.2 Å². The van der Waals surface area contributed by atoms with Gasteiger partial charge < -0.3 is 4.74 Å². The number of hydrogen-bond acceptors (Lipinski definition) is 3. The molecule has 1 atom stereocenters. The normalized spacial score (nSPS) is 20.2. The molecule has 0 saturated carbocycles. The van der Waals surface area contributed by atoms with E-state index in [1.165, 1.54) is 24.8 Å². The topological polar surface area (TPSA) is 29.5 Å². The lowest BCUT2D eigenvalue weighted by molar-refractivity contribution is -0.145. The molecule has 3 heteroatoms. The predicted molar refractivity (Wildman–Crippen MR) is 76.0 cm³/mol. The van der Waals surface area contributed by atoms with Crippen LogP contribution in [0.1, 0.15) is 31.7 Å². The molecule has 1 heterocycles. The van der Waals surface area contributed by atoms with Crippen LogP contribution < -0.4 is 0 Å². The molecule has 1 aliphatic rings. The van der Waals surface area contributed by atoms with Gasteiger partial charge >= 0.3 is 5.97 Å². The second-order valence-corrected chi connectivity index (χ2v) is 5.11. The highest BCUT2D eigenvalue weighted by molar-refractivity contribution is 5.71. The number of ether oxygens (including phenoxy) is 1. The first-order valence-electron chi connectivity index (χ1n) is 7.23. The van der Waals surface area contributed by atoms with E-state index in [1.54, 1.807) is 0 Å². The Morgan fingerprint density at radius 3 is 2.84 bits per heavy atom. The Bertz CT molecular complexity index is 391. The number of carbonyl (C=O) groups excluding carboxylic acids is 1. The summed E-state index contributed by atoms with van der Waals surface area (Å²) >= 11 is 0. The third-order valence-corrected chi connectivity index (χ3v) is 3.70. The van der Waals surface area contributed by atoms with Crippen molar-refractivity contribution in [2.24, 2.45) is 0 Å². The molecule has 0 aliphatic carbocycles. The molecular weight excluding hydrogens is 238 g/mol. The second-order valence-electron chi connectivity index (χ2n) is 5.11. The average Bonchev–Trinajstić information content (AvgIpc) is 2.42. The second kappa shape index (κ2) is 7.29. The van der Waals surface area contributed by atoms with Crippen LogP contribution in [0.25, 0.3) is 0 Å². The van der Waals surface area contributed by atoms with Crippen molar-refractivity contribution in [2.45, 2.75) is 38.6 Å². The van der Waals surface area contributed by atoms with E-state index in [2.05, 4.69) is 29.2 Å². The molecule has 19 heavy (non-hydrogen) atoms. The van der Waals surface area contributed by atoms with E-state index in [9.17, 15) is 4.79 Å². The summed E-state index contributed by atoms with van der Waals surface area (Å²) in [6, 6.07) is 11.0. The van der Waals surface area contributed by atoms with E-state index < -0.39 is 0 Å². The summed E-state index contributed by atoms with van der Waals surface area (Å²) in [7, 11) is 0. The van der Waals surface area contributed by atoms with Crippen LogP contribution in [0.2, 0.25) is 0 Å². The van der Waals surface area contributed by atoms with Crippen LogP contribution in [-0.4, -0.2) is 36.6 Å². The summed E-state index contributed by atoms with van der Waals surface area (Å²) in [5.74, 6) is -0.0949. The lowest BCUT2D eigenvalue weighted by atomic mass is 9.95. The zero-order chi connectivity index (χ0) is 13.5. The number of likely N-dealkylation sites (tertiary alicyclic amines) is 1. The summed E-state index contributed by atoms with van der Waals surface area (Å²) in [6.45, 7) is 3.77. The average molecular weight is 261 g/mol. The Morgan fingerprint density at radius 2 is 2.11 bits per heavy atom. The maximum absolute atomic E-state index is 11.6. The van der Waals surface area contributed by atoms with E-state index in [-0.39, 0.29) is 5.97 Å². The number of rotatable bonds is 5. The van der Waals surface area contributed by atoms with E-state index in [4.69, 9.17) is 4.74 Å². The van der Waals surface area contributed by atoms with Gasteiger partial charge in [-0.3, -0.25) is 9.69 Å². The lowest BCUT2D eigenvalue weighted by Crippen LogP contribution is -2.44. The summed E-state index contributed by atoms with van der Waals surface area (Å²) in [6.07, 6.45) is 4.65. The Kier molecular flexibility index (Phi) is 5.40. The highest BCUT2D eigenvalue weighted by Crippen LogP contribution is 2.20. The van der Waals surface area contributed by atoms with E-state index in [1.807, 2.05) is 13.0 Å². The molecule has 0 amide bonds. The van der Waals surface area contributed by atoms with Crippen LogP contribution in [0.15, 0.2) is 30.3 Å². The molecule has 1 fully saturated rings. The van der Waals surface area contributed by atoms with Crippen LogP contribution in [0, 0.1) is 0 Å². The fourth-order valence-electron chi connectivity index (χ4n) is 2.76. The molecule has 0 N–H and O–H groups in total. The van der Waals surface area contributed by atoms with Crippen LogP contribution in [0.4, 0.5) is 0 Å². The van der Waals surface area contributed by atoms with Gasteiger partial charge in [-0.1, -0.05) is 36.8 Å². The fourth-order valence-corrected chi connectivity index (χ4v) is 2.76. The van der Waals surface area contributed by atoms with Crippen LogP contribution in [-0.2, 0) is 16.0 Å². The van der Waals surface area contributed by atoms with Gasteiger partial charge in [0.15, 0.2) is 0 Å². The largest absolute Gasteiger partial charge is 0.465 e. The Labute approximate surface area is 115 Å². The molecule has 3 nitrogen and oxygen atoms in total. The zero-order valence-corrected chi connectivity index (χ0v) is 11.7. The van der Waals surface area contributed by atoms with Crippen molar-refractivity contribution < 1.29 is 9.53 Å². The van der Waals surface area contributed by atoms with Crippen LogP contribution >= 0.6 is 0 Å². The third-order valence-electron chi connectivity index (χ3n) is 3.70. The number of nitrogens with zero attached hydrogens (tertiary/aromatic N) is 1. The summed E-state index contributed by atoms with van der Waals surface area (Å²) in [4.78, 5) is 13.9. The lowest BCUT2D eigenvalue weighted by Gasteiger charge is -2.35. The molecule has 1 aliphatic heterocycles. The van der Waals surface area contributed by atoms with Gasteiger partial charge in [0.2, 0.25) is 0 Å². The first kappa shape index (κ1) is 14.1. The van der Waals surface area contributed by atoms with Crippen LogP contribution in [0.5, 0.6) is 0 Å². The van der Waals surface area contributed by atoms with Crippen molar-refractivity contribution in [1.82, 2.24) is 4.90 Å². The highest BCUT2D eigenvalue weighted by atomic mass is 16.5. The molecule has 1 saturated heterocycles. The molecule has 0 unspecified atom stereocenters. The maximum atomic E-state index is 11.6. The number of carbonyl (C=O) groups is 1. The standard InChI is InChI=1S/C16H23NO2/c1-2-19-16(18)13-17-11-7-6-10-15(17)12-14-8-4-3-5-9-14/h3-5,8-9,15H,2,6-7,10-13H2,1H3/t15-/m0/s1. The predicted octanol–water partition coefficient (Wildman–Crippen LogP) is 2.65. The van der Waals surface area contributed by atoms with E-state index in [0.717, 1.165) is 13.0 Å². The van der Waals surface area contributed by atoms with Crippen molar-refractivity contribution in [3.8, 4) is 0 Å². The molecule has 0 spiro atoms. The van der Waals surface area contributed by atoms with Crippen molar-refractivity contribution in [1.29, 1.82) is 0 Å². The fraction of sp³-hybridized carbons (Fsp3) is 0.562. The van der Waals surface area contributed by atoms with Crippen molar-refractivity contribution in [2.75, 3.05) is 19.7 Å². The van der Waals surface area contributed by atoms with Gasteiger partial charge in [-0.25, -0.2) is 0 Å². The third kappa shape index (κ3) is 4.35. The first-order chi connectivity index (χ1) is 9.29. The number of hydrogen-bond donors (Lipinski definition) is 0. The molecular formula is C16H23NO2. The Balaban J connectivity index is 1.94. The first-order valence-corrected chi connectivity index (χ1v) is 7.23. The van der Waals surface area contributed by atoms with Gasteiger partial charge in [0.25, 0.3) is 0 Å². The minimum Gasteiger partial charge on any atom is -0.465 e. The number of esters is 1. The van der Waals surface area contributed by atoms with Crippen molar-refractivity contribution >= 4 is 5.97 Å². The molecule has 2 rings (SSSR count). The quantitative estimate of drug-likeness (QED) is 0.763. The van der Waals surface area contributed by atoms with Gasteiger partial charge in [-0.15, -0.1) is 0 Å².